The van der Waals surface area contributed by atoms with E-state index in [-0.39, 0.29) is 22.3 Å². The van der Waals surface area contributed by atoms with Crippen molar-refractivity contribution in [2.24, 2.45) is 0 Å². The van der Waals surface area contributed by atoms with E-state index in [9.17, 15) is 24.9 Å². The van der Waals surface area contributed by atoms with Gasteiger partial charge in [-0.3, -0.25) is 4.57 Å². The van der Waals surface area contributed by atoms with Gasteiger partial charge in [-0.05, 0) is 34.9 Å². The summed E-state index contributed by atoms with van der Waals surface area (Å²) in [5.41, 5.74) is 4.19. The summed E-state index contributed by atoms with van der Waals surface area (Å²) in [4.78, 5) is 36.1. The number of nitrogen functional groups attached to an aromatic ring is 1. The molecule has 2 aromatic carbocycles. The topological polar surface area (TPSA) is 192 Å². The first-order valence-electron chi connectivity index (χ1n) is 12.5. The normalized spacial score (nSPS) is 20.5. The summed E-state index contributed by atoms with van der Waals surface area (Å²) in [5.74, 6) is -5.84. The average molecular weight is 602 g/mol. The summed E-state index contributed by atoms with van der Waals surface area (Å²) in [5, 5.41) is 30.4. The summed E-state index contributed by atoms with van der Waals surface area (Å²) >= 11 is 5.85. The van der Waals surface area contributed by atoms with Gasteiger partial charge in [0.05, 0.1) is 12.9 Å². The van der Waals surface area contributed by atoms with Crippen LogP contribution < -0.4 is 10.5 Å². The van der Waals surface area contributed by atoms with E-state index in [4.69, 9.17) is 31.5 Å². The van der Waals surface area contributed by atoms with Crippen LogP contribution in [0, 0.1) is 0 Å². The third-order valence-corrected chi connectivity index (χ3v) is 7.08. The third-order valence-electron chi connectivity index (χ3n) is 6.91. The molecule has 0 unspecified atom stereocenters. The molecule has 0 aliphatic carbocycles. The maximum absolute atomic E-state index is 16.1. The first-order valence-corrected chi connectivity index (χ1v) is 12.9. The van der Waals surface area contributed by atoms with E-state index < -0.39 is 55.2 Å². The highest BCUT2D eigenvalue weighted by molar-refractivity contribution is 6.28. The predicted octanol–water partition coefficient (Wildman–Crippen LogP) is 2.19. The Morgan fingerprint density at radius 2 is 1.81 bits per heavy atom. The maximum atomic E-state index is 16.1. The number of carbonyl (C=O) groups is 2. The van der Waals surface area contributed by atoms with E-state index in [1.807, 2.05) is 30.3 Å². The first kappa shape index (κ1) is 29.1. The molecule has 2 aromatic heterocycles. The van der Waals surface area contributed by atoms with E-state index in [1.165, 1.54) is 12.1 Å². The zero-order valence-electron chi connectivity index (χ0n) is 21.8. The Labute approximate surface area is 242 Å². The number of hydrogen-bond acceptors (Lipinski definition) is 10. The van der Waals surface area contributed by atoms with Gasteiger partial charge in [-0.15, -0.1) is 0 Å². The van der Waals surface area contributed by atoms with Crippen LogP contribution in [0.25, 0.3) is 11.2 Å². The number of halogens is 2. The molecule has 3 atom stereocenters. The van der Waals surface area contributed by atoms with Gasteiger partial charge in [-0.2, -0.15) is 9.97 Å². The van der Waals surface area contributed by atoms with Crippen molar-refractivity contribution in [1.29, 1.82) is 0 Å². The Hall–Kier alpha value is -4.37. The van der Waals surface area contributed by atoms with E-state index in [2.05, 4.69) is 15.0 Å². The molecule has 0 bridgehead atoms. The lowest BCUT2D eigenvalue weighted by atomic mass is 9.94. The van der Waals surface area contributed by atoms with Gasteiger partial charge in [0.2, 0.25) is 11.1 Å². The van der Waals surface area contributed by atoms with Crippen molar-refractivity contribution < 1.29 is 43.5 Å². The van der Waals surface area contributed by atoms with Gasteiger partial charge in [0.15, 0.2) is 11.5 Å². The van der Waals surface area contributed by atoms with E-state index in [0.29, 0.717) is 17.9 Å². The summed E-state index contributed by atoms with van der Waals surface area (Å²) < 4.78 is 33.5. The molecular formula is C27H25ClFN5O8. The Bertz CT molecular complexity index is 1590. The van der Waals surface area contributed by atoms with Crippen LogP contribution in [0.15, 0.2) is 60.9 Å². The Balaban J connectivity index is 1.30. The third kappa shape index (κ3) is 5.44. The molecule has 220 valence electrons. The maximum Gasteiger partial charge on any atom is 0.348 e. The van der Waals surface area contributed by atoms with Crippen molar-refractivity contribution in [2.45, 2.75) is 36.6 Å². The number of nitrogens with zero attached hydrogens (tertiary/aromatic N) is 4. The minimum absolute atomic E-state index is 0.0376. The molecule has 42 heavy (non-hydrogen) atoms. The summed E-state index contributed by atoms with van der Waals surface area (Å²) in [7, 11) is 0. The number of carboxylic acids is 2. The number of alkyl halides is 1. The molecule has 5 rings (SSSR count). The van der Waals surface area contributed by atoms with Crippen LogP contribution in [0.4, 0.5) is 10.2 Å². The van der Waals surface area contributed by atoms with Crippen molar-refractivity contribution >= 4 is 40.5 Å². The molecule has 0 spiro atoms. The van der Waals surface area contributed by atoms with Gasteiger partial charge in [-0.1, -0.05) is 42.5 Å². The monoisotopic (exact) mass is 601 g/mol. The molecule has 15 heteroatoms. The molecule has 0 saturated carbocycles. The summed E-state index contributed by atoms with van der Waals surface area (Å²) in [6.45, 7) is -1.18. The zero-order chi connectivity index (χ0) is 30.1. The highest BCUT2D eigenvalue weighted by Crippen LogP contribution is 2.37. The summed E-state index contributed by atoms with van der Waals surface area (Å²) in [6, 6.07) is 15.6. The quantitative estimate of drug-likeness (QED) is 0.145. The minimum Gasteiger partial charge on any atom is -0.489 e. The Kier molecular flexibility index (Phi) is 7.97. The number of carboxylic acid groups (broad SMARTS) is 2. The fraction of sp³-hybridized carbons (Fsp3) is 0.296. The number of anilines is 1. The lowest BCUT2D eigenvalue weighted by Crippen LogP contribution is -2.53. The Morgan fingerprint density at radius 1 is 1.12 bits per heavy atom. The predicted molar refractivity (Wildman–Crippen MR) is 144 cm³/mol. The number of aliphatic hydroxyl groups excluding tert-OH is 1. The van der Waals surface area contributed by atoms with E-state index in [1.54, 1.807) is 12.1 Å². The largest absolute Gasteiger partial charge is 0.489 e. The van der Waals surface area contributed by atoms with Crippen LogP contribution in [0.2, 0.25) is 5.28 Å². The summed E-state index contributed by atoms with van der Waals surface area (Å²) in [6.07, 6.45) is -2.94. The number of ether oxygens (including phenoxy) is 3. The van der Waals surface area contributed by atoms with Crippen LogP contribution in [0.1, 0.15) is 11.1 Å². The highest BCUT2D eigenvalue weighted by atomic mass is 35.5. The van der Waals surface area contributed by atoms with E-state index in [0.717, 1.165) is 16.5 Å². The standard InChI is InChI=1S/C27H25ClFN5O8/c28-25-32-21(30)19-22(33-25)34(14-31-19)27(29)13-41-18(20(27)35)12-42-26(23(36)37,24(38)39)10-15-6-8-17(9-7-15)40-11-16-4-2-1-3-5-16/h1-9,14,18,20,35H,10-13H2,(H,36,37)(H,38,39)(H2,30,32,33)/t18-,20-,27+/m1/s1. The smallest absolute Gasteiger partial charge is 0.348 e. The molecule has 0 amide bonds. The lowest BCUT2D eigenvalue weighted by molar-refractivity contribution is -0.188. The number of rotatable bonds is 11. The second kappa shape index (κ2) is 11.5. The number of fused-ring (bicyclic) bond motifs is 1. The number of aliphatic carboxylic acids is 2. The number of hydrogen-bond donors (Lipinski definition) is 4. The first-order chi connectivity index (χ1) is 20.0. The number of aromatic nitrogens is 4. The second-order valence-electron chi connectivity index (χ2n) is 9.62. The van der Waals surface area contributed by atoms with Crippen molar-refractivity contribution in [3.63, 3.8) is 0 Å². The number of nitrogens with two attached hydrogens (primary N) is 1. The van der Waals surface area contributed by atoms with Crippen LogP contribution in [0.3, 0.4) is 0 Å². The van der Waals surface area contributed by atoms with Crippen molar-refractivity contribution in [2.75, 3.05) is 18.9 Å². The van der Waals surface area contributed by atoms with Gasteiger partial charge in [0, 0.05) is 6.42 Å². The van der Waals surface area contributed by atoms with Crippen LogP contribution in [0.5, 0.6) is 5.75 Å². The molecule has 4 aromatic rings. The van der Waals surface area contributed by atoms with E-state index >= 15 is 4.39 Å². The highest BCUT2D eigenvalue weighted by Gasteiger charge is 2.55. The van der Waals surface area contributed by atoms with Gasteiger partial charge in [-0.25, -0.2) is 19.0 Å². The van der Waals surface area contributed by atoms with Crippen molar-refractivity contribution in [1.82, 2.24) is 19.5 Å². The van der Waals surface area contributed by atoms with Gasteiger partial charge in [0.25, 0.3) is 5.60 Å². The molecule has 0 radical (unpaired) electrons. The minimum atomic E-state index is -2.77. The molecular weight excluding hydrogens is 577 g/mol. The van der Waals surface area contributed by atoms with Gasteiger partial charge < -0.3 is 35.3 Å². The molecule has 1 fully saturated rings. The Morgan fingerprint density at radius 3 is 2.48 bits per heavy atom. The second-order valence-corrected chi connectivity index (χ2v) is 9.96. The lowest BCUT2D eigenvalue weighted by Gasteiger charge is -2.29. The molecule has 1 aliphatic heterocycles. The van der Waals surface area contributed by atoms with Gasteiger partial charge in [0.1, 0.15) is 36.7 Å². The molecule has 1 aliphatic rings. The number of aliphatic hydroxyl groups is 1. The molecule has 13 nitrogen and oxygen atoms in total. The van der Waals surface area contributed by atoms with Crippen LogP contribution >= 0.6 is 11.6 Å². The number of imidazole rings is 1. The fourth-order valence-electron chi connectivity index (χ4n) is 4.58. The van der Waals surface area contributed by atoms with Crippen LogP contribution in [-0.4, -0.2) is 77.8 Å². The molecule has 1 saturated heterocycles. The molecule has 3 heterocycles. The SMILES string of the molecule is Nc1nc(Cl)nc2c1ncn2[C@@]1(F)CO[C@H](COC(Cc2ccc(OCc3ccccc3)cc2)(C(=O)O)C(=O)O)[C@H]1O. The fourth-order valence-corrected chi connectivity index (χ4v) is 4.75. The van der Waals surface area contributed by atoms with Gasteiger partial charge >= 0.3 is 11.9 Å². The van der Waals surface area contributed by atoms with Crippen molar-refractivity contribution in [3.05, 3.63) is 77.3 Å². The van der Waals surface area contributed by atoms with Crippen LogP contribution in [-0.2, 0) is 37.9 Å². The molecule has 5 N–H and O–H groups in total. The number of benzene rings is 2. The van der Waals surface area contributed by atoms with Crippen molar-refractivity contribution in [3.8, 4) is 5.75 Å². The zero-order valence-corrected chi connectivity index (χ0v) is 22.5. The average Bonchev–Trinajstić information content (AvgIpc) is 3.52.